The number of hydrogen-bond donors (Lipinski definition) is 2. The predicted octanol–water partition coefficient (Wildman–Crippen LogP) is 0.821. The summed E-state index contributed by atoms with van der Waals surface area (Å²) in [7, 11) is 1.20. The molecule has 2 atom stereocenters. The summed E-state index contributed by atoms with van der Waals surface area (Å²) in [6, 6.07) is 5.97. The van der Waals surface area contributed by atoms with Crippen LogP contribution in [0.15, 0.2) is 24.3 Å². The summed E-state index contributed by atoms with van der Waals surface area (Å²) in [6.45, 7) is 1.99. The van der Waals surface area contributed by atoms with Crippen molar-refractivity contribution in [2.75, 3.05) is 13.7 Å². The van der Waals surface area contributed by atoms with Gasteiger partial charge in [0, 0.05) is 0 Å². The normalized spacial score (nSPS) is 13.4. The Morgan fingerprint density at radius 2 is 1.80 bits per heavy atom. The van der Waals surface area contributed by atoms with Gasteiger partial charge in [-0.05, 0) is 24.6 Å². The Hall–Kier alpha value is -1.92. The van der Waals surface area contributed by atoms with Gasteiger partial charge in [-0.25, -0.2) is 4.79 Å². The molecule has 0 aromatic heterocycles. The summed E-state index contributed by atoms with van der Waals surface area (Å²) in [5.41, 5.74) is 0.750. The smallest absolute Gasteiger partial charge is 0.338 e. The van der Waals surface area contributed by atoms with E-state index in [9.17, 15) is 19.8 Å². The number of hydrogen-bond acceptors (Lipinski definition) is 6. The summed E-state index contributed by atoms with van der Waals surface area (Å²) >= 11 is 0. The molecule has 0 heterocycles. The van der Waals surface area contributed by atoms with Gasteiger partial charge in [0.25, 0.3) is 0 Å². The number of carbonyl (C=O) groups is 2. The van der Waals surface area contributed by atoms with Crippen LogP contribution < -0.4 is 0 Å². The molecule has 1 aromatic rings. The number of carbonyl (C=O) groups excluding carboxylic acids is 2. The third-order valence-corrected chi connectivity index (χ3v) is 2.73. The van der Waals surface area contributed by atoms with Gasteiger partial charge >= 0.3 is 11.9 Å². The Morgan fingerprint density at radius 1 is 1.20 bits per heavy atom. The highest BCUT2D eigenvalue weighted by Gasteiger charge is 2.22. The van der Waals surface area contributed by atoms with E-state index in [1.54, 1.807) is 6.92 Å². The molecule has 0 saturated carbocycles. The number of esters is 2. The van der Waals surface area contributed by atoms with Crippen LogP contribution in [0.25, 0.3) is 0 Å². The molecule has 0 spiro atoms. The SMILES string of the molecule is CCOC(=O)c1ccc(C(O)C(O)CC(=O)OC)cc1. The molecule has 2 unspecified atom stereocenters. The minimum atomic E-state index is -1.27. The second-order valence-corrected chi connectivity index (χ2v) is 4.13. The van der Waals surface area contributed by atoms with E-state index in [-0.39, 0.29) is 13.0 Å². The number of rotatable bonds is 6. The van der Waals surface area contributed by atoms with Gasteiger partial charge in [-0.15, -0.1) is 0 Å². The molecule has 0 saturated heterocycles. The first-order chi connectivity index (χ1) is 9.49. The highest BCUT2D eigenvalue weighted by Crippen LogP contribution is 2.20. The Balaban J connectivity index is 2.72. The van der Waals surface area contributed by atoms with Crippen molar-refractivity contribution in [3.05, 3.63) is 35.4 Å². The molecule has 6 nitrogen and oxygen atoms in total. The molecule has 0 aliphatic carbocycles. The fraction of sp³-hybridized carbons (Fsp3) is 0.429. The molecule has 1 rings (SSSR count). The van der Waals surface area contributed by atoms with Gasteiger partial charge in [0.2, 0.25) is 0 Å². The van der Waals surface area contributed by atoms with Gasteiger partial charge in [0.15, 0.2) is 0 Å². The van der Waals surface area contributed by atoms with Gasteiger partial charge < -0.3 is 19.7 Å². The lowest BCUT2D eigenvalue weighted by molar-refractivity contribution is -0.144. The van der Waals surface area contributed by atoms with Crippen molar-refractivity contribution < 1.29 is 29.3 Å². The van der Waals surface area contributed by atoms with Gasteiger partial charge in [0.1, 0.15) is 6.10 Å². The number of methoxy groups -OCH3 is 1. The van der Waals surface area contributed by atoms with Crippen LogP contribution >= 0.6 is 0 Å². The first kappa shape index (κ1) is 16.1. The van der Waals surface area contributed by atoms with Crippen LogP contribution in [0.3, 0.4) is 0 Å². The van der Waals surface area contributed by atoms with Crippen molar-refractivity contribution in [3.63, 3.8) is 0 Å². The van der Waals surface area contributed by atoms with E-state index in [1.807, 2.05) is 0 Å². The molecule has 0 aliphatic rings. The van der Waals surface area contributed by atoms with E-state index in [1.165, 1.54) is 31.4 Å². The lowest BCUT2D eigenvalue weighted by Crippen LogP contribution is -2.22. The Labute approximate surface area is 116 Å². The maximum Gasteiger partial charge on any atom is 0.338 e. The van der Waals surface area contributed by atoms with Crippen LogP contribution in [-0.2, 0) is 14.3 Å². The molecule has 0 fully saturated rings. The number of aliphatic hydroxyl groups is 2. The van der Waals surface area contributed by atoms with E-state index in [0.29, 0.717) is 11.1 Å². The van der Waals surface area contributed by atoms with Crippen LogP contribution in [0.5, 0.6) is 0 Å². The second kappa shape index (κ2) is 7.62. The van der Waals surface area contributed by atoms with Crippen molar-refractivity contribution in [1.82, 2.24) is 0 Å². The van der Waals surface area contributed by atoms with E-state index in [0.717, 1.165) is 0 Å². The molecule has 0 amide bonds. The first-order valence-electron chi connectivity index (χ1n) is 6.19. The van der Waals surface area contributed by atoms with Crippen LogP contribution in [0.1, 0.15) is 35.4 Å². The number of aliphatic hydroxyl groups excluding tert-OH is 2. The van der Waals surface area contributed by atoms with Crippen LogP contribution in [0.2, 0.25) is 0 Å². The minimum absolute atomic E-state index is 0.279. The molecule has 1 aromatic carbocycles. The maximum absolute atomic E-state index is 11.4. The third kappa shape index (κ3) is 4.32. The Bertz CT molecular complexity index is 453. The van der Waals surface area contributed by atoms with Crippen molar-refractivity contribution >= 4 is 11.9 Å². The van der Waals surface area contributed by atoms with Crippen molar-refractivity contribution in [3.8, 4) is 0 Å². The molecule has 0 aliphatic heterocycles. The average Bonchev–Trinajstić information content (AvgIpc) is 2.46. The molecular formula is C14H18O6. The molecule has 0 radical (unpaired) electrons. The van der Waals surface area contributed by atoms with E-state index >= 15 is 0 Å². The zero-order chi connectivity index (χ0) is 15.1. The summed E-state index contributed by atoms with van der Waals surface area (Å²) < 4.78 is 9.24. The lowest BCUT2D eigenvalue weighted by Gasteiger charge is -2.17. The molecule has 6 heteroatoms. The number of benzene rings is 1. The monoisotopic (exact) mass is 282 g/mol. The molecule has 110 valence electrons. The van der Waals surface area contributed by atoms with Crippen LogP contribution in [0, 0.1) is 0 Å². The minimum Gasteiger partial charge on any atom is -0.469 e. The maximum atomic E-state index is 11.4. The van der Waals surface area contributed by atoms with E-state index in [4.69, 9.17) is 4.74 Å². The first-order valence-corrected chi connectivity index (χ1v) is 6.19. The Kier molecular flexibility index (Phi) is 6.14. The molecule has 2 N–H and O–H groups in total. The summed E-state index contributed by atoms with van der Waals surface area (Å²) in [4.78, 5) is 22.5. The fourth-order valence-corrected chi connectivity index (χ4v) is 1.62. The highest BCUT2D eigenvalue weighted by atomic mass is 16.5. The number of ether oxygens (including phenoxy) is 2. The average molecular weight is 282 g/mol. The zero-order valence-corrected chi connectivity index (χ0v) is 11.4. The topological polar surface area (TPSA) is 93.1 Å². The highest BCUT2D eigenvalue weighted by molar-refractivity contribution is 5.89. The van der Waals surface area contributed by atoms with Crippen molar-refractivity contribution in [1.29, 1.82) is 0 Å². The summed E-state index contributed by atoms with van der Waals surface area (Å²) in [5.74, 6) is -1.07. The standard InChI is InChI=1S/C14H18O6/c1-3-20-14(18)10-6-4-9(5-7-10)13(17)11(15)8-12(16)19-2/h4-7,11,13,15,17H,3,8H2,1-2H3. The predicted molar refractivity (Wildman–Crippen MR) is 70.0 cm³/mol. The van der Waals surface area contributed by atoms with Gasteiger partial charge in [-0.2, -0.15) is 0 Å². The fourth-order valence-electron chi connectivity index (χ4n) is 1.62. The van der Waals surface area contributed by atoms with Crippen molar-refractivity contribution in [2.45, 2.75) is 25.6 Å². The summed E-state index contributed by atoms with van der Waals surface area (Å²) in [5, 5.41) is 19.6. The quantitative estimate of drug-likeness (QED) is 0.750. The molecular weight excluding hydrogens is 264 g/mol. The Morgan fingerprint density at radius 3 is 2.30 bits per heavy atom. The van der Waals surface area contributed by atoms with E-state index in [2.05, 4.69) is 4.74 Å². The lowest BCUT2D eigenvalue weighted by atomic mass is 10.0. The van der Waals surface area contributed by atoms with Gasteiger partial charge in [0.05, 0.1) is 31.8 Å². The van der Waals surface area contributed by atoms with Crippen molar-refractivity contribution in [2.24, 2.45) is 0 Å². The van der Waals surface area contributed by atoms with E-state index < -0.39 is 24.1 Å². The summed E-state index contributed by atoms with van der Waals surface area (Å²) in [6.07, 6.45) is -2.81. The van der Waals surface area contributed by atoms with Gasteiger partial charge in [-0.1, -0.05) is 12.1 Å². The molecule has 20 heavy (non-hydrogen) atoms. The molecule has 0 bridgehead atoms. The zero-order valence-electron chi connectivity index (χ0n) is 11.4. The van der Waals surface area contributed by atoms with Crippen LogP contribution in [-0.4, -0.2) is 42.0 Å². The van der Waals surface area contributed by atoms with Crippen LogP contribution in [0.4, 0.5) is 0 Å². The van der Waals surface area contributed by atoms with Gasteiger partial charge in [-0.3, -0.25) is 4.79 Å². The largest absolute Gasteiger partial charge is 0.469 e. The third-order valence-electron chi connectivity index (χ3n) is 2.73. The second-order valence-electron chi connectivity index (χ2n) is 4.13.